The van der Waals surface area contributed by atoms with Gasteiger partial charge in [-0.1, -0.05) is 41.9 Å². The van der Waals surface area contributed by atoms with E-state index in [1.165, 1.54) is 0 Å². The van der Waals surface area contributed by atoms with Crippen LogP contribution in [0, 0.1) is 0 Å². The molecule has 2 aromatic heterocycles. The van der Waals surface area contributed by atoms with Gasteiger partial charge in [-0.15, -0.1) is 0 Å². The molecule has 1 N–H and O–H groups in total. The van der Waals surface area contributed by atoms with Crippen molar-refractivity contribution in [3.8, 4) is 22.4 Å². The SMILES string of the molecule is CC(C)(O)c1cccc(-c2ccn3nc(-c4ccc(Cl)cc4)cc3c2)c1. The zero-order valence-electron chi connectivity index (χ0n) is 14.6. The predicted molar refractivity (Wildman–Crippen MR) is 106 cm³/mol. The summed E-state index contributed by atoms with van der Waals surface area (Å²) in [5.74, 6) is 0. The molecular weight excluding hydrogens is 344 g/mol. The number of halogens is 1. The highest BCUT2D eigenvalue weighted by Crippen LogP contribution is 2.28. The Bertz CT molecular complexity index is 1080. The van der Waals surface area contributed by atoms with Gasteiger partial charge in [0.15, 0.2) is 0 Å². The molecule has 0 saturated heterocycles. The molecule has 0 aliphatic rings. The van der Waals surface area contributed by atoms with Gasteiger partial charge in [-0.3, -0.25) is 0 Å². The Morgan fingerprint density at radius 1 is 0.885 bits per heavy atom. The van der Waals surface area contributed by atoms with Crippen molar-refractivity contribution in [1.29, 1.82) is 0 Å². The highest BCUT2D eigenvalue weighted by molar-refractivity contribution is 6.30. The predicted octanol–water partition coefficient (Wildman–Crippen LogP) is 5.55. The zero-order chi connectivity index (χ0) is 18.3. The van der Waals surface area contributed by atoms with Crippen LogP contribution in [0.15, 0.2) is 72.9 Å². The van der Waals surface area contributed by atoms with Crippen molar-refractivity contribution in [1.82, 2.24) is 9.61 Å². The lowest BCUT2D eigenvalue weighted by atomic mass is 9.94. The van der Waals surface area contributed by atoms with Crippen molar-refractivity contribution in [3.63, 3.8) is 0 Å². The number of aliphatic hydroxyl groups is 1. The Morgan fingerprint density at radius 2 is 1.62 bits per heavy atom. The van der Waals surface area contributed by atoms with Gasteiger partial charge in [0.25, 0.3) is 0 Å². The summed E-state index contributed by atoms with van der Waals surface area (Å²) in [6, 6.07) is 21.9. The molecule has 2 aromatic carbocycles. The first-order valence-corrected chi connectivity index (χ1v) is 8.87. The van der Waals surface area contributed by atoms with Crippen LogP contribution in [-0.2, 0) is 5.60 Å². The summed E-state index contributed by atoms with van der Waals surface area (Å²) in [4.78, 5) is 0. The van der Waals surface area contributed by atoms with Crippen LogP contribution < -0.4 is 0 Å². The largest absolute Gasteiger partial charge is 0.386 e. The smallest absolute Gasteiger partial charge is 0.0933 e. The standard InChI is InChI=1S/C22H19ClN2O/c1-22(2,26)18-5-3-4-16(12-18)17-10-11-25-20(13-17)14-21(24-25)15-6-8-19(23)9-7-15/h3-14,26H,1-2H3. The van der Waals surface area contributed by atoms with Gasteiger partial charge in [-0.2, -0.15) is 5.10 Å². The molecule has 0 saturated carbocycles. The van der Waals surface area contributed by atoms with Gasteiger partial charge in [-0.05, 0) is 66.9 Å². The van der Waals surface area contributed by atoms with Crippen LogP contribution in [0.1, 0.15) is 19.4 Å². The van der Waals surface area contributed by atoms with Gasteiger partial charge in [0.2, 0.25) is 0 Å². The molecule has 4 aromatic rings. The lowest BCUT2D eigenvalue weighted by molar-refractivity contribution is 0.0786. The van der Waals surface area contributed by atoms with Crippen molar-refractivity contribution in [3.05, 3.63) is 83.5 Å². The Morgan fingerprint density at radius 3 is 2.35 bits per heavy atom. The van der Waals surface area contributed by atoms with Crippen molar-refractivity contribution in [2.45, 2.75) is 19.4 Å². The zero-order valence-corrected chi connectivity index (χ0v) is 15.4. The number of rotatable bonds is 3. The first kappa shape index (κ1) is 16.8. The van der Waals surface area contributed by atoms with Crippen LogP contribution in [0.4, 0.5) is 0 Å². The molecule has 130 valence electrons. The summed E-state index contributed by atoms with van der Waals surface area (Å²) in [5.41, 5.74) is 5.14. The summed E-state index contributed by atoms with van der Waals surface area (Å²) in [5, 5.41) is 15.6. The molecule has 0 bridgehead atoms. The average Bonchev–Trinajstić information content (AvgIpc) is 3.05. The van der Waals surface area contributed by atoms with Gasteiger partial charge in [0.05, 0.1) is 16.8 Å². The van der Waals surface area contributed by atoms with Crippen LogP contribution in [0.5, 0.6) is 0 Å². The maximum Gasteiger partial charge on any atom is 0.0933 e. The quantitative estimate of drug-likeness (QED) is 0.519. The number of aromatic nitrogens is 2. The van der Waals surface area contributed by atoms with Crippen molar-refractivity contribution < 1.29 is 5.11 Å². The van der Waals surface area contributed by atoms with Gasteiger partial charge < -0.3 is 5.11 Å². The minimum atomic E-state index is -0.863. The van der Waals surface area contributed by atoms with Crippen LogP contribution in [-0.4, -0.2) is 14.7 Å². The van der Waals surface area contributed by atoms with Crippen molar-refractivity contribution >= 4 is 17.1 Å². The molecule has 0 spiro atoms. The van der Waals surface area contributed by atoms with E-state index < -0.39 is 5.60 Å². The minimum Gasteiger partial charge on any atom is -0.386 e. The van der Waals surface area contributed by atoms with E-state index in [9.17, 15) is 5.11 Å². The third-order valence-electron chi connectivity index (χ3n) is 4.51. The third-order valence-corrected chi connectivity index (χ3v) is 4.76. The Balaban J connectivity index is 1.75. The highest BCUT2D eigenvalue weighted by Gasteiger charge is 2.16. The molecule has 4 heteroatoms. The average molecular weight is 363 g/mol. The summed E-state index contributed by atoms with van der Waals surface area (Å²) < 4.78 is 1.87. The second-order valence-electron chi connectivity index (χ2n) is 6.96. The van der Waals surface area contributed by atoms with Crippen LogP contribution in [0.3, 0.4) is 0 Å². The molecule has 0 amide bonds. The van der Waals surface area contributed by atoms with E-state index in [-0.39, 0.29) is 0 Å². The lowest BCUT2D eigenvalue weighted by Crippen LogP contribution is -2.15. The maximum atomic E-state index is 10.3. The van der Waals surface area contributed by atoms with E-state index in [2.05, 4.69) is 23.3 Å². The van der Waals surface area contributed by atoms with E-state index in [0.29, 0.717) is 5.02 Å². The minimum absolute atomic E-state index is 0.714. The molecule has 0 atom stereocenters. The van der Waals surface area contributed by atoms with Crippen LogP contribution >= 0.6 is 11.6 Å². The van der Waals surface area contributed by atoms with Crippen LogP contribution in [0.2, 0.25) is 5.02 Å². The lowest BCUT2D eigenvalue weighted by Gasteiger charge is -2.18. The molecule has 0 aliphatic carbocycles. The number of benzene rings is 2. The number of hydrogen-bond donors (Lipinski definition) is 1. The highest BCUT2D eigenvalue weighted by atomic mass is 35.5. The van der Waals surface area contributed by atoms with Gasteiger partial charge in [0, 0.05) is 16.8 Å². The van der Waals surface area contributed by atoms with Crippen molar-refractivity contribution in [2.24, 2.45) is 0 Å². The molecular formula is C22H19ClN2O. The topological polar surface area (TPSA) is 37.5 Å². The fourth-order valence-electron chi connectivity index (χ4n) is 3.02. The van der Waals surface area contributed by atoms with E-state index >= 15 is 0 Å². The Kier molecular flexibility index (Phi) is 4.06. The van der Waals surface area contributed by atoms with E-state index in [1.807, 2.05) is 59.2 Å². The number of fused-ring (bicyclic) bond motifs is 1. The fourth-order valence-corrected chi connectivity index (χ4v) is 3.14. The first-order chi connectivity index (χ1) is 12.4. The number of pyridine rings is 1. The first-order valence-electron chi connectivity index (χ1n) is 8.49. The maximum absolute atomic E-state index is 10.3. The molecule has 3 nitrogen and oxygen atoms in total. The number of nitrogens with zero attached hydrogens (tertiary/aromatic N) is 2. The number of hydrogen-bond acceptors (Lipinski definition) is 2. The third kappa shape index (κ3) is 3.24. The summed E-state index contributed by atoms with van der Waals surface area (Å²) in [7, 11) is 0. The molecule has 4 rings (SSSR count). The Labute approximate surface area is 157 Å². The van der Waals surface area contributed by atoms with Gasteiger partial charge >= 0.3 is 0 Å². The van der Waals surface area contributed by atoms with Gasteiger partial charge in [-0.25, -0.2) is 4.52 Å². The molecule has 2 heterocycles. The second-order valence-corrected chi connectivity index (χ2v) is 7.40. The second kappa shape index (κ2) is 6.27. The summed E-state index contributed by atoms with van der Waals surface area (Å²) in [6.07, 6.45) is 1.96. The molecule has 26 heavy (non-hydrogen) atoms. The van der Waals surface area contributed by atoms with Crippen molar-refractivity contribution in [2.75, 3.05) is 0 Å². The molecule has 0 unspecified atom stereocenters. The van der Waals surface area contributed by atoms with E-state index in [0.717, 1.165) is 33.5 Å². The summed E-state index contributed by atoms with van der Waals surface area (Å²) in [6.45, 7) is 3.59. The van der Waals surface area contributed by atoms with Crippen LogP contribution in [0.25, 0.3) is 27.9 Å². The van der Waals surface area contributed by atoms with E-state index in [4.69, 9.17) is 11.6 Å². The molecule has 0 fully saturated rings. The molecule has 0 radical (unpaired) electrons. The normalized spacial score (nSPS) is 11.8. The molecule has 0 aliphatic heterocycles. The van der Waals surface area contributed by atoms with Gasteiger partial charge in [0.1, 0.15) is 0 Å². The fraction of sp³-hybridized carbons (Fsp3) is 0.136. The van der Waals surface area contributed by atoms with E-state index in [1.54, 1.807) is 13.8 Å². The Hall–Kier alpha value is -2.62. The monoisotopic (exact) mass is 362 g/mol. The summed E-state index contributed by atoms with van der Waals surface area (Å²) >= 11 is 5.97.